The molecule has 2 rings (SSSR count). The topological polar surface area (TPSA) is 55.4 Å². The second kappa shape index (κ2) is 6.62. The highest BCUT2D eigenvalue weighted by molar-refractivity contribution is 7.92. The second-order valence-corrected chi connectivity index (χ2v) is 7.39. The quantitative estimate of drug-likeness (QED) is 0.900. The molecular formula is C18H23NO3S. The average Bonchev–Trinajstić information content (AvgIpc) is 2.50. The molecule has 1 N–H and O–H groups in total. The van der Waals surface area contributed by atoms with Crippen LogP contribution in [0.2, 0.25) is 0 Å². The van der Waals surface area contributed by atoms with Gasteiger partial charge in [-0.1, -0.05) is 24.6 Å². The molecule has 0 aliphatic carbocycles. The fourth-order valence-corrected chi connectivity index (χ4v) is 3.99. The summed E-state index contributed by atoms with van der Waals surface area (Å²) in [6.07, 6.45) is 0.703. The van der Waals surface area contributed by atoms with E-state index in [0.29, 0.717) is 17.9 Å². The number of methoxy groups -OCH3 is 1. The molecule has 0 amide bonds. The summed E-state index contributed by atoms with van der Waals surface area (Å²) in [6.45, 7) is 7.78. The molecular weight excluding hydrogens is 310 g/mol. The van der Waals surface area contributed by atoms with Crippen LogP contribution in [-0.4, -0.2) is 15.5 Å². The Hall–Kier alpha value is -2.01. The van der Waals surface area contributed by atoms with Gasteiger partial charge < -0.3 is 4.74 Å². The van der Waals surface area contributed by atoms with Crippen molar-refractivity contribution >= 4 is 15.7 Å². The van der Waals surface area contributed by atoms with Crippen LogP contribution in [0.3, 0.4) is 0 Å². The van der Waals surface area contributed by atoms with E-state index in [4.69, 9.17) is 4.74 Å². The van der Waals surface area contributed by atoms with Crippen LogP contribution >= 0.6 is 0 Å². The number of benzene rings is 2. The van der Waals surface area contributed by atoms with Crippen molar-refractivity contribution < 1.29 is 13.2 Å². The maximum Gasteiger partial charge on any atom is 0.261 e. The average molecular weight is 333 g/mol. The molecule has 2 aromatic rings. The Labute approximate surface area is 138 Å². The Bertz CT molecular complexity index is 803. The lowest BCUT2D eigenvalue weighted by atomic mass is 10.1. The van der Waals surface area contributed by atoms with Gasteiger partial charge in [0, 0.05) is 0 Å². The first-order chi connectivity index (χ1) is 10.8. The molecule has 5 heteroatoms. The van der Waals surface area contributed by atoms with E-state index in [1.165, 1.54) is 0 Å². The van der Waals surface area contributed by atoms with E-state index < -0.39 is 10.0 Å². The van der Waals surface area contributed by atoms with Crippen molar-refractivity contribution in [2.45, 2.75) is 39.0 Å². The largest absolute Gasteiger partial charge is 0.496 e. The predicted molar refractivity (Wildman–Crippen MR) is 93.8 cm³/mol. The van der Waals surface area contributed by atoms with Gasteiger partial charge in [0.05, 0.1) is 17.7 Å². The van der Waals surface area contributed by atoms with Crippen molar-refractivity contribution in [1.82, 2.24) is 0 Å². The third kappa shape index (κ3) is 3.67. The molecule has 0 heterocycles. The molecule has 0 fully saturated rings. The van der Waals surface area contributed by atoms with Gasteiger partial charge in [-0.05, 0) is 62.1 Å². The third-order valence-electron chi connectivity index (χ3n) is 3.86. The van der Waals surface area contributed by atoms with Crippen molar-refractivity contribution in [2.75, 3.05) is 11.8 Å². The first-order valence-corrected chi connectivity index (χ1v) is 9.04. The smallest absolute Gasteiger partial charge is 0.261 e. The summed E-state index contributed by atoms with van der Waals surface area (Å²) >= 11 is 0. The van der Waals surface area contributed by atoms with Gasteiger partial charge in [-0.2, -0.15) is 0 Å². The number of ether oxygens (including phenoxy) is 1. The SMILES string of the molecule is CCc1cc(S(=O)(=O)Nc2c(C)cc(C)cc2C)ccc1OC. The van der Waals surface area contributed by atoms with E-state index in [0.717, 1.165) is 22.3 Å². The van der Waals surface area contributed by atoms with E-state index in [1.807, 2.05) is 39.8 Å². The Morgan fingerprint density at radius 2 is 1.65 bits per heavy atom. The fraction of sp³-hybridized carbons (Fsp3) is 0.333. The Balaban J connectivity index is 2.44. The summed E-state index contributed by atoms with van der Waals surface area (Å²) in [5, 5.41) is 0. The minimum Gasteiger partial charge on any atom is -0.496 e. The monoisotopic (exact) mass is 333 g/mol. The molecule has 0 unspecified atom stereocenters. The first kappa shape index (κ1) is 17.3. The molecule has 0 atom stereocenters. The Kier molecular flexibility index (Phi) is 5.00. The van der Waals surface area contributed by atoms with Crippen LogP contribution in [0.4, 0.5) is 5.69 Å². The molecule has 2 aromatic carbocycles. The Morgan fingerprint density at radius 3 is 2.17 bits per heavy atom. The summed E-state index contributed by atoms with van der Waals surface area (Å²) < 4.78 is 33.4. The van der Waals surface area contributed by atoms with E-state index >= 15 is 0 Å². The lowest BCUT2D eigenvalue weighted by Gasteiger charge is -2.15. The van der Waals surface area contributed by atoms with E-state index in [-0.39, 0.29) is 4.90 Å². The van der Waals surface area contributed by atoms with Crippen molar-refractivity contribution in [2.24, 2.45) is 0 Å². The lowest BCUT2D eigenvalue weighted by Crippen LogP contribution is -2.15. The van der Waals surface area contributed by atoms with Crippen molar-refractivity contribution in [3.05, 3.63) is 52.6 Å². The highest BCUT2D eigenvalue weighted by Crippen LogP contribution is 2.27. The number of hydrogen-bond acceptors (Lipinski definition) is 3. The molecule has 23 heavy (non-hydrogen) atoms. The van der Waals surface area contributed by atoms with E-state index in [2.05, 4.69) is 4.72 Å². The van der Waals surface area contributed by atoms with Gasteiger partial charge in [-0.25, -0.2) is 8.42 Å². The zero-order valence-electron chi connectivity index (χ0n) is 14.2. The molecule has 0 aromatic heterocycles. The maximum atomic E-state index is 12.7. The molecule has 0 bridgehead atoms. The summed E-state index contributed by atoms with van der Waals surface area (Å²) in [4.78, 5) is 0.245. The van der Waals surface area contributed by atoms with Gasteiger partial charge in [-0.15, -0.1) is 0 Å². The van der Waals surface area contributed by atoms with Crippen LogP contribution in [-0.2, 0) is 16.4 Å². The number of nitrogens with one attached hydrogen (secondary N) is 1. The van der Waals surface area contributed by atoms with Gasteiger partial charge in [0.15, 0.2) is 0 Å². The van der Waals surface area contributed by atoms with Gasteiger partial charge >= 0.3 is 0 Å². The third-order valence-corrected chi connectivity index (χ3v) is 5.20. The van der Waals surface area contributed by atoms with Crippen LogP contribution in [0, 0.1) is 20.8 Å². The van der Waals surface area contributed by atoms with Crippen molar-refractivity contribution in [3.63, 3.8) is 0 Å². The fourth-order valence-electron chi connectivity index (χ4n) is 2.73. The lowest BCUT2D eigenvalue weighted by molar-refractivity contribution is 0.409. The maximum absolute atomic E-state index is 12.7. The molecule has 0 saturated heterocycles. The van der Waals surface area contributed by atoms with Crippen LogP contribution < -0.4 is 9.46 Å². The first-order valence-electron chi connectivity index (χ1n) is 7.56. The molecule has 0 spiro atoms. The standard InChI is InChI=1S/C18H23NO3S/c1-6-15-11-16(7-8-17(15)22-5)23(20,21)19-18-13(3)9-12(2)10-14(18)4/h7-11,19H,6H2,1-5H3. The number of rotatable bonds is 5. The van der Waals surface area contributed by atoms with Gasteiger partial charge in [0.25, 0.3) is 10.0 Å². The summed E-state index contributed by atoms with van der Waals surface area (Å²) in [7, 11) is -2.05. The zero-order valence-corrected chi connectivity index (χ0v) is 15.0. The summed E-state index contributed by atoms with van der Waals surface area (Å²) in [5.74, 6) is 0.703. The number of hydrogen-bond donors (Lipinski definition) is 1. The van der Waals surface area contributed by atoms with Crippen molar-refractivity contribution in [1.29, 1.82) is 0 Å². The summed E-state index contributed by atoms with van der Waals surface area (Å²) in [5.41, 5.74) is 4.45. The van der Waals surface area contributed by atoms with Gasteiger partial charge in [0.2, 0.25) is 0 Å². The molecule has 0 saturated carbocycles. The van der Waals surface area contributed by atoms with Crippen LogP contribution in [0.25, 0.3) is 0 Å². The van der Waals surface area contributed by atoms with Gasteiger partial charge in [0.1, 0.15) is 5.75 Å². The Morgan fingerprint density at radius 1 is 1.04 bits per heavy atom. The van der Waals surface area contributed by atoms with Crippen LogP contribution in [0.5, 0.6) is 5.75 Å². The molecule has 0 radical (unpaired) electrons. The minimum atomic E-state index is -3.63. The minimum absolute atomic E-state index is 0.245. The highest BCUT2D eigenvalue weighted by atomic mass is 32.2. The zero-order chi connectivity index (χ0) is 17.2. The van der Waals surface area contributed by atoms with Crippen molar-refractivity contribution in [3.8, 4) is 5.75 Å². The molecule has 0 aliphatic rings. The van der Waals surface area contributed by atoms with E-state index in [1.54, 1.807) is 25.3 Å². The number of aryl methyl sites for hydroxylation is 4. The van der Waals surface area contributed by atoms with Gasteiger partial charge in [-0.3, -0.25) is 4.72 Å². The highest BCUT2D eigenvalue weighted by Gasteiger charge is 2.18. The second-order valence-electron chi connectivity index (χ2n) is 5.71. The normalized spacial score (nSPS) is 11.3. The summed E-state index contributed by atoms with van der Waals surface area (Å²) in [6, 6.07) is 8.87. The number of anilines is 1. The molecule has 4 nitrogen and oxygen atoms in total. The number of sulfonamides is 1. The van der Waals surface area contributed by atoms with Crippen LogP contribution in [0.1, 0.15) is 29.2 Å². The predicted octanol–water partition coefficient (Wildman–Crippen LogP) is 3.98. The van der Waals surface area contributed by atoms with Crippen LogP contribution in [0.15, 0.2) is 35.2 Å². The molecule has 124 valence electrons. The molecule has 0 aliphatic heterocycles. The van der Waals surface area contributed by atoms with E-state index in [9.17, 15) is 8.42 Å².